The lowest BCUT2D eigenvalue weighted by atomic mass is 9.98. The number of methoxy groups -OCH3 is 1. The van der Waals surface area contributed by atoms with E-state index in [0.717, 1.165) is 12.8 Å². The molecule has 0 aromatic carbocycles. The summed E-state index contributed by atoms with van der Waals surface area (Å²) in [5.74, 6) is 0.828. The van der Waals surface area contributed by atoms with Crippen molar-refractivity contribution in [3.8, 4) is 0 Å². The van der Waals surface area contributed by atoms with E-state index in [1.807, 2.05) is 0 Å². The number of hydrogen-bond acceptors (Lipinski definition) is 4. The van der Waals surface area contributed by atoms with Crippen LogP contribution in [0.2, 0.25) is 0 Å². The molecule has 4 unspecified atom stereocenters. The first-order chi connectivity index (χ1) is 7.96. The zero-order valence-electron chi connectivity index (χ0n) is 10.5. The Kier molecular flexibility index (Phi) is 3.77. The lowest BCUT2D eigenvalue weighted by molar-refractivity contribution is 0.198. The van der Waals surface area contributed by atoms with E-state index < -0.39 is 15.3 Å². The summed E-state index contributed by atoms with van der Waals surface area (Å²) in [5.41, 5.74) is 6.01. The molecular formula is C11H22N2O3S. The van der Waals surface area contributed by atoms with Gasteiger partial charge in [-0.2, -0.15) is 0 Å². The molecule has 1 saturated carbocycles. The second-order valence-electron chi connectivity index (χ2n) is 5.29. The number of rotatable bonds is 4. The predicted molar refractivity (Wildman–Crippen MR) is 66.0 cm³/mol. The van der Waals surface area contributed by atoms with E-state index in [1.165, 1.54) is 7.11 Å². The second kappa shape index (κ2) is 4.84. The van der Waals surface area contributed by atoms with Gasteiger partial charge in [-0.15, -0.1) is 0 Å². The van der Waals surface area contributed by atoms with Crippen molar-refractivity contribution in [2.45, 2.75) is 31.1 Å². The van der Waals surface area contributed by atoms with Crippen LogP contribution < -0.4 is 5.73 Å². The zero-order chi connectivity index (χ0) is 12.6. The molecule has 1 aliphatic heterocycles. The molecule has 0 aromatic rings. The van der Waals surface area contributed by atoms with Gasteiger partial charge in [0, 0.05) is 26.2 Å². The average molecular weight is 262 g/mol. The molecule has 2 aliphatic rings. The highest BCUT2D eigenvalue weighted by atomic mass is 32.2. The maximum atomic E-state index is 12.3. The highest BCUT2D eigenvalue weighted by Crippen LogP contribution is 2.38. The van der Waals surface area contributed by atoms with Gasteiger partial charge in [-0.25, -0.2) is 12.7 Å². The Labute approximate surface area is 103 Å². The van der Waals surface area contributed by atoms with Gasteiger partial charge in [-0.05, 0) is 31.6 Å². The summed E-state index contributed by atoms with van der Waals surface area (Å²) in [6, 6.07) is 0.179. The van der Waals surface area contributed by atoms with Crippen molar-refractivity contribution in [1.29, 1.82) is 0 Å². The van der Waals surface area contributed by atoms with Crippen molar-refractivity contribution < 1.29 is 13.2 Å². The fraction of sp³-hybridized carbons (Fsp3) is 1.00. The van der Waals surface area contributed by atoms with Gasteiger partial charge in [0.15, 0.2) is 0 Å². The summed E-state index contributed by atoms with van der Waals surface area (Å²) in [7, 11) is -1.69. The number of fused-ring (bicyclic) bond motifs is 1. The van der Waals surface area contributed by atoms with Crippen LogP contribution in [0.25, 0.3) is 0 Å². The smallest absolute Gasteiger partial charge is 0.219 e. The summed E-state index contributed by atoms with van der Waals surface area (Å²) in [6.07, 6.45) is 2.10. The summed E-state index contributed by atoms with van der Waals surface area (Å²) < 4.78 is 31.1. The molecule has 1 aliphatic carbocycles. The molecule has 0 radical (unpaired) electrons. The second-order valence-corrected chi connectivity index (χ2v) is 7.64. The quantitative estimate of drug-likeness (QED) is 0.775. The van der Waals surface area contributed by atoms with Crippen LogP contribution in [-0.4, -0.2) is 50.8 Å². The highest BCUT2D eigenvalue weighted by molar-refractivity contribution is 7.89. The van der Waals surface area contributed by atoms with E-state index in [0.29, 0.717) is 24.9 Å². The first kappa shape index (κ1) is 13.3. The molecule has 5 nitrogen and oxygen atoms in total. The van der Waals surface area contributed by atoms with Crippen molar-refractivity contribution in [1.82, 2.24) is 4.31 Å². The van der Waals surface area contributed by atoms with Crippen molar-refractivity contribution in [3.63, 3.8) is 0 Å². The van der Waals surface area contributed by atoms with Gasteiger partial charge in [-0.1, -0.05) is 0 Å². The zero-order valence-corrected chi connectivity index (χ0v) is 11.3. The molecule has 0 amide bonds. The maximum Gasteiger partial charge on any atom is 0.219 e. The van der Waals surface area contributed by atoms with E-state index >= 15 is 0 Å². The molecule has 2 N–H and O–H groups in total. The van der Waals surface area contributed by atoms with Crippen LogP contribution in [0.4, 0.5) is 0 Å². The molecule has 1 saturated heterocycles. The lowest BCUT2D eigenvalue weighted by Crippen LogP contribution is -2.39. The Morgan fingerprint density at radius 2 is 2.12 bits per heavy atom. The summed E-state index contributed by atoms with van der Waals surface area (Å²) in [4.78, 5) is 0. The topological polar surface area (TPSA) is 72.6 Å². The van der Waals surface area contributed by atoms with Crippen LogP contribution in [0.15, 0.2) is 0 Å². The number of hydrogen-bond donors (Lipinski definition) is 1. The fourth-order valence-electron chi connectivity index (χ4n) is 3.05. The van der Waals surface area contributed by atoms with Gasteiger partial charge < -0.3 is 10.5 Å². The number of ether oxygens (including phenoxy) is 1. The van der Waals surface area contributed by atoms with E-state index in [9.17, 15) is 8.42 Å². The molecule has 0 aromatic heterocycles. The first-order valence-corrected chi connectivity index (χ1v) is 7.70. The van der Waals surface area contributed by atoms with Gasteiger partial charge in [0.2, 0.25) is 10.0 Å². The summed E-state index contributed by atoms with van der Waals surface area (Å²) in [5, 5.41) is -0.470. The first-order valence-electron chi connectivity index (χ1n) is 6.20. The minimum Gasteiger partial charge on any atom is -0.383 e. The van der Waals surface area contributed by atoms with E-state index in [4.69, 9.17) is 10.5 Å². The van der Waals surface area contributed by atoms with Crippen LogP contribution in [0, 0.1) is 11.8 Å². The van der Waals surface area contributed by atoms with Gasteiger partial charge in [0.1, 0.15) is 0 Å². The van der Waals surface area contributed by atoms with Crippen LogP contribution >= 0.6 is 0 Å². The van der Waals surface area contributed by atoms with Gasteiger partial charge >= 0.3 is 0 Å². The molecule has 2 fully saturated rings. The Bertz CT molecular complexity index is 371. The SMILES string of the molecule is COCC(C)S(=O)(=O)N1CC2CCC(N)C2C1. The third kappa shape index (κ3) is 2.36. The molecule has 17 heavy (non-hydrogen) atoms. The van der Waals surface area contributed by atoms with Gasteiger partial charge in [0.25, 0.3) is 0 Å². The van der Waals surface area contributed by atoms with Crippen molar-refractivity contribution in [2.75, 3.05) is 26.8 Å². The predicted octanol–water partition coefficient (Wildman–Crippen LogP) is 0.0202. The third-order valence-corrected chi connectivity index (χ3v) is 6.32. The molecule has 0 bridgehead atoms. The molecule has 0 spiro atoms. The van der Waals surface area contributed by atoms with Gasteiger partial charge in [-0.3, -0.25) is 0 Å². The Balaban J connectivity index is 2.05. The molecule has 6 heteroatoms. The maximum absolute atomic E-state index is 12.3. The molecule has 2 rings (SSSR count). The third-order valence-electron chi connectivity index (χ3n) is 4.15. The summed E-state index contributed by atoms with van der Waals surface area (Å²) >= 11 is 0. The molecular weight excluding hydrogens is 240 g/mol. The van der Waals surface area contributed by atoms with Crippen LogP contribution in [-0.2, 0) is 14.8 Å². The number of nitrogens with two attached hydrogens (primary N) is 1. The van der Waals surface area contributed by atoms with Crippen LogP contribution in [0.3, 0.4) is 0 Å². The number of nitrogens with zero attached hydrogens (tertiary/aromatic N) is 1. The standard InChI is InChI=1S/C11H22N2O3S/c1-8(7-16-2)17(14,15)13-5-9-3-4-11(12)10(9)6-13/h8-11H,3-7,12H2,1-2H3. The summed E-state index contributed by atoms with van der Waals surface area (Å²) in [6.45, 7) is 3.20. The number of sulfonamides is 1. The van der Waals surface area contributed by atoms with Crippen molar-refractivity contribution >= 4 is 10.0 Å². The molecule has 1 heterocycles. The Morgan fingerprint density at radius 1 is 1.41 bits per heavy atom. The van der Waals surface area contributed by atoms with E-state index in [1.54, 1.807) is 11.2 Å². The monoisotopic (exact) mass is 262 g/mol. The highest BCUT2D eigenvalue weighted by Gasteiger charge is 2.45. The molecule has 100 valence electrons. The largest absolute Gasteiger partial charge is 0.383 e. The minimum atomic E-state index is -3.21. The van der Waals surface area contributed by atoms with Crippen molar-refractivity contribution in [3.05, 3.63) is 0 Å². The average Bonchev–Trinajstić information content (AvgIpc) is 2.82. The van der Waals surface area contributed by atoms with Gasteiger partial charge in [0.05, 0.1) is 11.9 Å². The van der Waals surface area contributed by atoms with Crippen molar-refractivity contribution in [2.24, 2.45) is 17.6 Å². The Morgan fingerprint density at radius 3 is 2.71 bits per heavy atom. The van der Waals surface area contributed by atoms with Crippen LogP contribution in [0.1, 0.15) is 19.8 Å². The lowest BCUT2D eigenvalue weighted by Gasteiger charge is -2.22. The van der Waals surface area contributed by atoms with E-state index in [-0.39, 0.29) is 12.6 Å². The molecule has 4 atom stereocenters. The normalized spacial score (nSPS) is 36.1. The van der Waals surface area contributed by atoms with Crippen LogP contribution in [0.5, 0.6) is 0 Å². The Hall–Kier alpha value is -0.170. The van der Waals surface area contributed by atoms with E-state index in [2.05, 4.69) is 0 Å². The fourth-order valence-corrected chi connectivity index (χ4v) is 4.65. The minimum absolute atomic E-state index is 0.179.